The van der Waals surface area contributed by atoms with E-state index in [-0.39, 0.29) is 0 Å². The van der Waals surface area contributed by atoms with Crippen molar-refractivity contribution in [3.63, 3.8) is 0 Å². The fourth-order valence-electron chi connectivity index (χ4n) is 4.66. The van der Waals surface area contributed by atoms with Gasteiger partial charge in [-0.1, -0.05) is 12.1 Å². The normalized spacial score (nSPS) is 27.3. The maximum absolute atomic E-state index is 11.6. The lowest BCUT2D eigenvalue weighted by Crippen LogP contribution is -2.42. The fraction of sp³-hybridized carbons (Fsp3) is 0.500. The first-order valence-corrected chi connectivity index (χ1v) is 8.94. The highest BCUT2D eigenvalue weighted by Gasteiger charge is 2.43. The van der Waals surface area contributed by atoms with E-state index < -0.39 is 5.60 Å². The van der Waals surface area contributed by atoms with Crippen LogP contribution in [0.4, 0.5) is 0 Å². The lowest BCUT2D eigenvalue weighted by atomic mass is 9.78. The number of fused-ring (bicyclic) bond motifs is 2. The molecule has 126 valence electrons. The Kier molecular flexibility index (Phi) is 4.10. The van der Waals surface area contributed by atoms with Crippen molar-refractivity contribution in [1.82, 2.24) is 14.9 Å². The van der Waals surface area contributed by atoms with Crippen molar-refractivity contribution in [3.8, 4) is 0 Å². The van der Waals surface area contributed by atoms with Gasteiger partial charge in [-0.3, -0.25) is 9.97 Å². The predicted molar refractivity (Wildman–Crippen MR) is 93.4 cm³/mol. The van der Waals surface area contributed by atoms with Gasteiger partial charge in [0, 0.05) is 24.5 Å². The molecular formula is C20H25N3O. The van der Waals surface area contributed by atoms with Crippen molar-refractivity contribution in [2.45, 2.75) is 49.8 Å². The first-order chi connectivity index (χ1) is 11.7. The summed E-state index contributed by atoms with van der Waals surface area (Å²) in [4.78, 5) is 11.5. The summed E-state index contributed by atoms with van der Waals surface area (Å²) in [5.74, 6) is 0.507. The van der Waals surface area contributed by atoms with Gasteiger partial charge in [0.1, 0.15) is 5.60 Å². The van der Waals surface area contributed by atoms with E-state index in [1.54, 1.807) is 12.4 Å². The van der Waals surface area contributed by atoms with Crippen LogP contribution < -0.4 is 0 Å². The molecule has 2 atom stereocenters. The number of aliphatic hydroxyl groups is 1. The van der Waals surface area contributed by atoms with Crippen LogP contribution in [0.5, 0.6) is 0 Å². The van der Waals surface area contributed by atoms with Gasteiger partial charge in [-0.25, -0.2) is 0 Å². The summed E-state index contributed by atoms with van der Waals surface area (Å²) in [5.41, 5.74) is 0.299. The average molecular weight is 323 g/mol. The molecule has 1 N–H and O–H groups in total. The fourth-order valence-corrected chi connectivity index (χ4v) is 4.66. The van der Waals surface area contributed by atoms with Crippen LogP contribution in [0.2, 0.25) is 0 Å². The minimum absolute atomic E-state index is 0.507. The molecule has 0 saturated carbocycles. The molecule has 0 spiro atoms. The zero-order valence-corrected chi connectivity index (χ0v) is 14.2. The predicted octanol–water partition coefficient (Wildman–Crippen LogP) is 2.98. The van der Waals surface area contributed by atoms with Gasteiger partial charge < -0.3 is 10.0 Å². The monoisotopic (exact) mass is 323 g/mol. The lowest BCUT2D eigenvalue weighted by molar-refractivity contribution is 0.0204. The Balaban J connectivity index is 1.65. The highest BCUT2D eigenvalue weighted by Crippen LogP contribution is 2.43. The molecule has 0 radical (unpaired) electrons. The van der Waals surface area contributed by atoms with Crippen LogP contribution in [-0.2, 0) is 5.60 Å². The molecule has 2 aliphatic rings. The Morgan fingerprint density at radius 3 is 2.00 bits per heavy atom. The molecule has 24 heavy (non-hydrogen) atoms. The molecule has 2 aromatic rings. The summed E-state index contributed by atoms with van der Waals surface area (Å²) in [5, 5.41) is 11.6. The molecule has 2 bridgehead atoms. The van der Waals surface area contributed by atoms with Crippen molar-refractivity contribution in [3.05, 3.63) is 60.2 Å². The number of piperidine rings is 1. The third-order valence-corrected chi connectivity index (χ3v) is 5.96. The van der Waals surface area contributed by atoms with Crippen molar-refractivity contribution >= 4 is 0 Å². The summed E-state index contributed by atoms with van der Waals surface area (Å²) < 4.78 is 0. The number of rotatable bonds is 4. The van der Waals surface area contributed by atoms with E-state index in [2.05, 4.69) is 21.9 Å². The summed E-state index contributed by atoms with van der Waals surface area (Å²) >= 11 is 0. The molecule has 2 aromatic heterocycles. The summed E-state index contributed by atoms with van der Waals surface area (Å²) in [7, 11) is 2.25. The van der Waals surface area contributed by atoms with E-state index in [0.717, 1.165) is 12.8 Å². The second kappa shape index (κ2) is 6.26. The molecule has 2 aliphatic heterocycles. The lowest BCUT2D eigenvalue weighted by Gasteiger charge is -2.39. The molecule has 4 heteroatoms. The van der Waals surface area contributed by atoms with Crippen LogP contribution in [0.3, 0.4) is 0 Å². The van der Waals surface area contributed by atoms with E-state index in [4.69, 9.17) is 0 Å². The van der Waals surface area contributed by atoms with Gasteiger partial charge in [-0.05, 0) is 69.3 Å². The van der Waals surface area contributed by atoms with Gasteiger partial charge >= 0.3 is 0 Å². The van der Waals surface area contributed by atoms with Crippen molar-refractivity contribution in [2.24, 2.45) is 5.92 Å². The molecule has 4 heterocycles. The second-order valence-electron chi connectivity index (χ2n) is 7.38. The van der Waals surface area contributed by atoms with Gasteiger partial charge in [0.15, 0.2) is 0 Å². The second-order valence-corrected chi connectivity index (χ2v) is 7.38. The Bertz CT molecular complexity index is 622. The molecule has 0 aliphatic carbocycles. The number of nitrogens with zero attached hydrogens (tertiary/aromatic N) is 3. The van der Waals surface area contributed by atoms with Gasteiger partial charge in [0.05, 0.1) is 11.4 Å². The van der Waals surface area contributed by atoms with E-state index >= 15 is 0 Å². The summed E-state index contributed by atoms with van der Waals surface area (Å²) in [6.07, 6.45) is 9.11. The zero-order chi connectivity index (χ0) is 16.6. The molecule has 0 aromatic carbocycles. The van der Waals surface area contributed by atoms with Crippen LogP contribution in [0, 0.1) is 5.92 Å². The van der Waals surface area contributed by atoms with Gasteiger partial charge in [0.25, 0.3) is 0 Å². The Morgan fingerprint density at radius 1 is 1.00 bits per heavy atom. The molecule has 2 fully saturated rings. The molecule has 2 unspecified atom stereocenters. The van der Waals surface area contributed by atoms with E-state index in [0.29, 0.717) is 35.8 Å². The minimum atomic E-state index is -1.11. The van der Waals surface area contributed by atoms with Crippen molar-refractivity contribution in [2.75, 3.05) is 7.05 Å². The molecule has 4 nitrogen and oxygen atoms in total. The number of aromatic nitrogens is 2. The van der Waals surface area contributed by atoms with Gasteiger partial charge in [-0.2, -0.15) is 0 Å². The van der Waals surface area contributed by atoms with Crippen molar-refractivity contribution < 1.29 is 5.11 Å². The Labute approximate surface area is 143 Å². The molecule has 2 saturated heterocycles. The summed E-state index contributed by atoms with van der Waals surface area (Å²) in [6.45, 7) is 0. The van der Waals surface area contributed by atoms with E-state index in [9.17, 15) is 5.11 Å². The maximum Gasteiger partial charge on any atom is 0.148 e. The highest BCUT2D eigenvalue weighted by atomic mass is 16.3. The molecular weight excluding hydrogens is 298 g/mol. The van der Waals surface area contributed by atoms with Gasteiger partial charge in [-0.15, -0.1) is 0 Å². The van der Waals surface area contributed by atoms with Crippen LogP contribution in [0.15, 0.2) is 48.8 Å². The zero-order valence-electron chi connectivity index (χ0n) is 14.2. The maximum atomic E-state index is 11.6. The number of pyridine rings is 2. The molecule has 4 rings (SSSR count). The SMILES string of the molecule is CN1C2CCC1CC(CC(O)(c1ccccn1)c1ccccn1)C2. The quantitative estimate of drug-likeness (QED) is 0.940. The van der Waals surface area contributed by atoms with Crippen molar-refractivity contribution in [1.29, 1.82) is 0 Å². The summed E-state index contributed by atoms with van der Waals surface area (Å²) in [6, 6.07) is 12.8. The molecule has 0 amide bonds. The number of hydrogen-bond donors (Lipinski definition) is 1. The van der Waals surface area contributed by atoms with E-state index in [1.807, 2.05) is 36.4 Å². The highest BCUT2D eigenvalue weighted by molar-refractivity contribution is 5.27. The van der Waals surface area contributed by atoms with Crippen LogP contribution in [-0.4, -0.2) is 39.1 Å². The average Bonchev–Trinajstić information content (AvgIpc) is 2.84. The smallest absolute Gasteiger partial charge is 0.148 e. The van der Waals surface area contributed by atoms with E-state index in [1.165, 1.54) is 12.8 Å². The third-order valence-electron chi connectivity index (χ3n) is 5.96. The third kappa shape index (κ3) is 2.74. The first-order valence-electron chi connectivity index (χ1n) is 8.94. The number of hydrogen-bond acceptors (Lipinski definition) is 4. The Hall–Kier alpha value is -1.78. The topological polar surface area (TPSA) is 49.2 Å². The Morgan fingerprint density at radius 2 is 1.54 bits per heavy atom. The van der Waals surface area contributed by atoms with Gasteiger partial charge in [0.2, 0.25) is 0 Å². The minimum Gasteiger partial charge on any atom is -0.377 e. The first kappa shape index (κ1) is 15.7. The van der Waals surface area contributed by atoms with Crippen LogP contribution in [0.1, 0.15) is 43.5 Å². The largest absolute Gasteiger partial charge is 0.377 e. The standard InChI is InChI=1S/C20H25N3O/c1-23-16-8-9-17(23)13-15(12-16)14-20(24,18-6-2-4-10-21-18)19-7-3-5-11-22-19/h2-7,10-11,15-17,24H,8-9,12-14H2,1H3. The van der Waals surface area contributed by atoms with Crippen LogP contribution in [0.25, 0.3) is 0 Å². The van der Waals surface area contributed by atoms with Crippen LogP contribution >= 0.6 is 0 Å².